The second-order valence-electron chi connectivity index (χ2n) is 3.56. The molecule has 0 fully saturated rings. The summed E-state index contributed by atoms with van der Waals surface area (Å²) in [7, 11) is 0. The lowest BCUT2D eigenvalue weighted by Gasteiger charge is -2.10. The lowest BCUT2D eigenvalue weighted by atomic mass is 10.2. The van der Waals surface area contributed by atoms with Gasteiger partial charge in [0.2, 0.25) is 0 Å². The van der Waals surface area contributed by atoms with E-state index in [1.54, 1.807) is 18.0 Å². The average Bonchev–Trinajstić information content (AvgIpc) is 2.35. The van der Waals surface area contributed by atoms with Crippen LogP contribution in [0.25, 0.3) is 0 Å². The van der Waals surface area contributed by atoms with Crippen molar-refractivity contribution in [3.05, 3.63) is 23.4 Å². The Bertz CT molecular complexity index is 378. The van der Waals surface area contributed by atoms with E-state index in [4.69, 9.17) is 16.9 Å². The Labute approximate surface area is 112 Å². The second-order valence-corrected chi connectivity index (χ2v) is 5.05. The summed E-state index contributed by atoms with van der Waals surface area (Å²) in [6.07, 6.45) is 3.57. The molecule has 1 rings (SSSR count). The molecule has 1 aromatic rings. The summed E-state index contributed by atoms with van der Waals surface area (Å²) in [4.78, 5) is 4.19. The van der Waals surface area contributed by atoms with Gasteiger partial charge in [0.05, 0.1) is 17.1 Å². The Morgan fingerprint density at radius 2 is 2.47 bits per heavy atom. The van der Waals surface area contributed by atoms with Gasteiger partial charge in [-0.25, -0.2) is 4.98 Å². The Balaban J connectivity index is 2.32. The van der Waals surface area contributed by atoms with Crippen LogP contribution in [0, 0.1) is 11.3 Å². The molecule has 1 N–H and O–H groups in total. The van der Waals surface area contributed by atoms with Gasteiger partial charge in [-0.15, -0.1) is 11.8 Å². The van der Waals surface area contributed by atoms with Crippen molar-refractivity contribution in [2.24, 2.45) is 0 Å². The molecule has 0 bridgehead atoms. The summed E-state index contributed by atoms with van der Waals surface area (Å²) < 4.78 is 0. The number of hydrogen-bond acceptors (Lipinski definition) is 4. The lowest BCUT2D eigenvalue weighted by Crippen LogP contribution is -2.28. The fourth-order valence-corrected chi connectivity index (χ4v) is 2.46. The SMILES string of the molecule is CCCNC(C#N)CCSc1ncccc1Cl. The quantitative estimate of drug-likeness (QED) is 0.773. The number of rotatable bonds is 7. The van der Waals surface area contributed by atoms with Gasteiger partial charge in [-0.1, -0.05) is 18.5 Å². The molecule has 0 spiro atoms. The zero-order valence-electron chi connectivity index (χ0n) is 9.82. The van der Waals surface area contributed by atoms with Crippen LogP contribution >= 0.6 is 23.4 Å². The van der Waals surface area contributed by atoms with Crippen molar-refractivity contribution in [1.29, 1.82) is 5.26 Å². The minimum Gasteiger partial charge on any atom is -0.302 e. The number of nitrogens with zero attached hydrogens (tertiary/aromatic N) is 2. The predicted molar refractivity (Wildman–Crippen MR) is 72.3 cm³/mol. The molecule has 1 atom stereocenters. The van der Waals surface area contributed by atoms with Crippen LogP contribution in [0.2, 0.25) is 5.02 Å². The van der Waals surface area contributed by atoms with Crippen LogP contribution in [0.15, 0.2) is 23.4 Å². The molecule has 0 aliphatic rings. The highest BCUT2D eigenvalue weighted by molar-refractivity contribution is 7.99. The number of halogens is 1. The summed E-state index contributed by atoms with van der Waals surface area (Å²) in [5, 5.41) is 13.6. The van der Waals surface area contributed by atoms with E-state index in [0.29, 0.717) is 5.02 Å². The van der Waals surface area contributed by atoms with E-state index in [2.05, 4.69) is 23.3 Å². The summed E-state index contributed by atoms with van der Waals surface area (Å²) in [5.41, 5.74) is 0. The second kappa shape index (κ2) is 8.35. The molecule has 0 aliphatic heterocycles. The molecule has 3 nitrogen and oxygen atoms in total. The van der Waals surface area contributed by atoms with Crippen molar-refractivity contribution in [3.63, 3.8) is 0 Å². The molecule has 1 heterocycles. The molecule has 5 heteroatoms. The van der Waals surface area contributed by atoms with Gasteiger partial charge in [0.15, 0.2) is 0 Å². The fraction of sp³-hybridized carbons (Fsp3) is 0.500. The van der Waals surface area contributed by atoms with E-state index < -0.39 is 0 Å². The van der Waals surface area contributed by atoms with Crippen molar-refractivity contribution in [2.45, 2.75) is 30.8 Å². The third-order valence-corrected chi connectivity index (χ3v) is 3.62. The fourth-order valence-electron chi connectivity index (χ4n) is 1.28. The summed E-state index contributed by atoms with van der Waals surface area (Å²) in [5.74, 6) is 0.839. The minimum absolute atomic E-state index is 0.0788. The largest absolute Gasteiger partial charge is 0.302 e. The van der Waals surface area contributed by atoms with Crippen LogP contribution in [0.5, 0.6) is 0 Å². The molecule has 0 amide bonds. The van der Waals surface area contributed by atoms with E-state index in [1.807, 2.05) is 12.1 Å². The molecular weight excluding hydrogens is 254 g/mol. The summed E-state index contributed by atoms with van der Waals surface area (Å²) >= 11 is 7.58. The number of thioether (sulfide) groups is 1. The molecule has 1 unspecified atom stereocenters. The van der Waals surface area contributed by atoms with Gasteiger partial charge in [0.25, 0.3) is 0 Å². The van der Waals surface area contributed by atoms with Crippen LogP contribution in [-0.4, -0.2) is 23.3 Å². The molecule has 0 saturated heterocycles. The van der Waals surface area contributed by atoms with E-state index in [9.17, 15) is 0 Å². The maximum atomic E-state index is 8.94. The van der Waals surface area contributed by atoms with Crippen molar-refractivity contribution < 1.29 is 0 Å². The average molecular weight is 270 g/mol. The molecular formula is C12H16ClN3S. The number of nitrogens with one attached hydrogen (secondary N) is 1. The number of pyridine rings is 1. The predicted octanol–water partition coefficient (Wildman–Crippen LogP) is 3.11. The summed E-state index contributed by atoms with van der Waals surface area (Å²) in [6.45, 7) is 2.97. The molecule has 0 aromatic carbocycles. The lowest BCUT2D eigenvalue weighted by molar-refractivity contribution is 0.585. The summed E-state index contributed by atoms with van der Waals surface area (Å²) in [6, 6.07) is 5.82. The smallest absolute Gasteiger partial charge is 0.115 e. The first-order chi connectivity index (χ1) is 8.27. The first kappa shape index (κ1) is 14.3. The van der Waals surface area contributed by atoms with E-state index in [-0.39, 0.29) is 6.04 Å². The number of aromatic nitrogens is 1. The van der Waals surface area contributed by atoms with Gasteiger partial charge in [-0.2, -0.15) is 5.26 Å². The van der Waals surface area contributed by atoms with Gasteiger partial charge in [-0.3, -0.25) is 0 Å². The van der Waals surface area contributed by atoms with E-state index >= 15 is 0 Å². The van der Waals surface area contributed by atoms with E-state index in [1.165, 1.54) is 0 Å². The van der Waals surface area contributed by atoms with Crippen molar-refractivity contribution in [1.82, 2.24) is 10.3 Å². The first-order valence-electron chi connectivity index (χ1n) is 5.64. The number of hydrogen-bond donors (Lipinski definition) is 1. The molecule has 0 aliphatic carbocycles. The van der Waals surface area contributed by atoms with Gasteiger partial charge >= 0.3 is 0 Å². The molecule has 92 valence electrons. The highest BCUT2D eigenvalue weighted by atomic mass is 35.5. The first-order valence-corrected chi connectivity index (χ1v) is 7.00. The number of nitriles is 1. The van der Waals surface area contributed by atoms with Gasteiger partial charge in [0, 0.05) is 11.9 Å². The zero-order chi connectivity index (χ0) is 12.5. The van der Waals surface area contributed by atoms with Gasteiger partial charge in [-0.05, 0) is 31.5 Å². The monoisotopic (exact) mass is 269 g/mol. The van der Waals surface area contributed by atoms with Gasteiger partial charge in [0.1, 0.15) is 5.03 Å². The zero-order valence-corrected chi connectivity index (χ0v) is 11.4. The minimum atomic E-state index is -0.0788. The normalized spacial score (nSPS) is 12.1. The highest BCUT2D eigenvalue weighted by Crippen LogP contribution is 2.24. The third-order valence-electron chi connectivity index (χ3n) is 2.17. The standard InChI is InChI=1S/C12H16ClN3S/c1-2-6-15-10(9-14)5-8-17-12-11(13)4-3-7-16-12/h3-4,7,10,15H,2,5-6,8H2,1H3. The Morgan fingerprint density at radius 1 is 1.65 bits per heavy atom. The maximum Gasteiger partial charge on any atom is 0.115 e. The van der Waals surface area contributed by atoms with Crippen molar-refractivity contribution in [2.75, 3.05) is 12.3 Å². The van der Waals surface area contributed by atoms with Crippen LogP contribution < -0.4 is 5.32 Å². The van der Waals surface area contributed by atoms with Gasteiger partial charge < -0.3 is 5.32 Å². The topological polar surface area (TPSA) is 48.7 Å². The molecule has 0 saturated carbocycles. The highest BCUT2D eigenvalue weighted by Gasteiger charge is 2.07. The molecule has 0 radical (unpaired) electrons. The van der Waals surface area contributed by atoms with Crippen LogP contribution in [0.3, 0.4) is 0 Å². The maximum absolute atomic E-state index is 8.94. The van der Waals surface area contributed by atoms with Crippen LogP contribution in [0.4, 0.5) is 0 Å². The van der Waals surface area contributed by atoms with E-state index in [0.717, 1.165) is 30.2 Å². The molecule has 1 aromatic heterocycles. The van der Waals surface area contributed by atoms with Crippen molar-refractivity contribution >= 4 is 23.4 Å². The van der Waals surface area contributed by atoms with Crippen LogP contribution in [0.1, 0.15) is 19.8 Å². The molecule has 17 heavy (non-hydrogen) atoms. The Morgan fingerprint density at radius 3 is 3.12 bits per heavy atom. The van der Waals surface area contributed by atoms with Crippen LogP contribution in [-0.2, 0) is 0 Å². The van der Waals surface area contributed by atoms with Crippen molar-refractivity contribution in [3.8, 4) is 6.07 Å². The Kier molecular flexibility index (Phi) is 7.02. The third kappa shape index (κ3) is 5.40. The Hall–Kier alpha value is -0.760.